The molecule has 1 N–H and O–H groups in total. The van der Waals surface area contributed by atoms with Crippen LogP contribution in [0.3, 0.4) is 0 Å². The van der Waals surface area contributed by atoms with Crippen LogP contribution in [-0.4, -0.2) is 51.5 Å². The monoisotopic (exact) mass is 396 g/mol. The minimum Gasteiger partial charge on any atom is -0.381 e. The maximum atomic E-state index is 12.7. The molecule has 0 atom stereocenters. The number of nitrogens with zero attached hydrogens (tertiary/aromatic N) is 1. The Hall–Kier alpha value is -1.44. The molecular formula is C20H32N2O4S. The second-order valence-electron chi connectivity index (χ2n) is 7.19. The summed E-state index contributed by atoms with van der Waals surface area (Å²) in [5.74, 6) is 0.374. The van der Waals surface area contributed by atoms with Crippen molar-refractivity contribution < 1.29 is 17.9 Å². The maximum absolute atomic E-state index is 12.7. The number of amides is 1. The van der Waals surface area contributed by atoms with Crippen LogP contribution in [0.25, 0.3) is 0 Å². The van der Waals surface area contributed by atoms with Crippen molar-refractivity contribution in [2.45, 2.75) is 50.8 Å². The summed E-state index contributed by atoms with van der Waals surface area (Å²) in [7, 11) is -3.47. The molecule has 2 rings (SSSR count). The van der Waals surface area contributed by atoms with Gasteiger partial charge in [-0.1, -0.05) is 20.3 Å². The summed E-state index contributed by atoms with van der Waals surface area (Å²) in [4.78, 5) is 12.4. The van der Waals surface area contributed by atoms with Crippen LogP contribution in [0.1, 0.15) is 56.3 Å². The first-order valence-corrected chi connectivity index (χ1v) is 11.3. The molecule has 152 valence electrons. The van der Waals surface area contributed by atoms with Crippen LogP contribution < -0.4 is 5.32 Å². The van der Waals surface area contributed by atoms with Crippen LogP contribution in [0, 0.1) is 5.92 Å². The minimum atomic E-state index is -3.47. The van der Waals surface area contributed by atoms with Crippen LogP contribution in [-0.2, 0) is 14.8 Å². The van der Waals surface area contributed by atoms with E-state index >= 15 is 0 Å². The molecule has 0 spiro atoms. The first-order chi connectivity index (χ1) is 12.9. The van der Waals surface area contributed by atoms with Gasteiger partial charge in [0, 0.05) is 38.4 Å². The molecule has 0 bridgehead atoms. The van der Waals surface area contributed by atoms with Gasteiger partial charge in [-0.05, 0) is 55.9 Å². The number of sulfonamides is 1. The van der Waals surface area contributed by atoms with Crippen LogP contribution >= 0.6 is 0 Å². The number of hydrogen-bond acceptors (Lipinski definition) is 4. The summed E-state index contributed by atoms with van der Waals surface area (Å²) < 4.78 is 32.4. The highest BCUT2D eigenvalue weighted by molar-refractivity contribution is 7.89. The fraction of sp³-hybridized carbons (Fsp3) is 0.650. The zero-order valence-electron chi connectivity index (χ0n) is 16.4. The molecule has 0 aromatic heterocycles. The SMILES string of the molecule is CCCCOCCCNC(=O)c1ccc(S(=O)(=O)N2CCC(C)CC2)cc1. The van der Waals surface area contributed by atoms with Crippen molar-refractivity contribution in [3.05, 3.63) is 29.8 Å². The first-order valence-electron chi connectivity index (χ1n) is 9.91. The standard InChI is InChI=1S/C20H32N2O4S/c1-3-4-15-26-16-5-12-21-20(23)18-6-8-19(9-7-18)27(24,25)22-13-10-17(2)11-14-22/h6-9,17H,3-5,10-16H2,1-2H3,(H,21,23). The molecule has 1 fully saturated rings. The predicted molar refractivity (Wildman–Crippen MR) is 106 cm³/mol. The summed E-state index contributed by atoms with van der Waals surface area (Å²) >= 11 is 0. The minimum absolute atomic E-state index is 0.195. The Bertz CT molecular complexity index is 680. The Morgan fingerprint density at radius 2 is 1.78 bits per heavy atom. The molecule has 1 aromatic carbocycles. The van der Waals surface area contributed by atoms with Crippen molar-refractivity contribution in [2.75, 3.05) is 32.8 Å². The number of rotatable bonds is 10. The quantitative estimate of drug-likeness (QED) is 0.617. The van der Waals surface area contributed by atoms with Gasteiger partial charge < -0.3 is 10.1 Å². The van der Waals surface area contributed by atoms with Gasteiger partial charge in [-0.15, -0.1) is 0 Å². The molecule has 0 saturated carbocycles. The van der Waals surface area contributed by atoms with Crippen molar-refractivity contribution in [2.24, 2.45) is 5.92 Å². The number of hydrogen-bond donors (Lipinski definition) is 1. The third kappa shape index (κ3) is 6.59. The Labute approximate surface area is 163 Å². The molecule has 1 amide bonds. The fourth-order valence-electron chi connectivity index (χ4n) is 2.98. The Morgan fingerprint density at radius 3 is 2.41 bits per heavy atom. The first kappa shape index (κ1) is 21.9. The lowest BCUT2D eigenvalue weighted by molar-refractivity contribution is 0.0940. The molecule has 7 heteroatoms. The van der Waals surface area contributed by atoms with Crippen molar-refractivity contribution in [3.8, 4) is 0 Å². The highest BCUT2D eigenvalue weighted by Crippen LogP contribution is 2.23. The van der Waals surface area contributed by atoms with Crippen LogP contribution in [0.15, 0.2) is 29.2 Å². The van der Waals surface area contributed by atoms with E-state index in [0.717, 1.165) is 38.7 Å². The second kappa shape index (κ2) is 10.8. The summed E-state index contributed by atoms with van der Waals surface area (Å²) in [6.45, 7) is 7.32. The zero-order chi connectivity index (χ0) is 19.7. The lowest BCUT2D eigenvalue weighted by atomic mass is 10.0. The van der Waals surface area contributed by atoms with Crippen LogP contribution in [0.5, 0.6) is 0 Å². The molecule has 0 radical (unpaired) electrons. The van der Waals surface area contributed by atoms with Gasteiger partial charge in [0.2, 0.25) is 10.0 Å². The number of piperidine rings is 1. The molecule has 1 heterocycles. The number of ether oxygens (including phenoxy) is 1. The van der Waals surface area contributed by atoms with Gasteiger partial charge in [-0.2, -0.15) is 4.31 Å². The Balaban J connectivity index is 1.82. The third-order valence-electron chi connectivity index (χ3n) is 4.89. The summed E-state index contributed by atoms with van der Waals surface area (Å²) in [6, 6.07) is 6.20. The van der Waals surface area contributed by atoms with E-state index in [4.69, 9.17) is 4.74 Å². The van der Waals surface area contributed by atoms with Gasteiger partial charge in [-0.3, -0.25) is 4.79 Å². The Morgan fingerprint density at radius 1 is 1.15 bits per heavy atom. The number of nitrogens with one attached hydrogen (secondary N) is 1. The average Bonchev–Trinajstić information content (AvgIpc) is 2.67. The Kier molecular flexibility index (Phi) is 8.73. The number of carbonyl (C=O) groups excluding carboxylic acids is 1. The summed E-state index contributed by atoms with van der Waals surface area (Å²) in [5, 5.41) is 2.84. The van der Waals surface area contributed by atoms with E-state index < -0.39 is 10.0 Å². The van der Waals surface area contributed by atoms with Crippen LogP contribution in [0.4, 0.5) is 0 Å². The topological polar surface area (TPSA) is 75.7 Å². The van der Waals surface area contributed by atoms with Crippen molar-refractivity contribution >= 4 is 15.9 Å². The van der Waals surface area contributed by atoms with E-state index in [0.29, 0.717) is 37.7 Å². The van der Waals surface area contributed by atoms with E-state index in [-0.39, 0.29) is 10.8 Å². The zero-order valence-corrected chi connectivity index (χ0v) is 17.3. The average molecular weight is 397 g/mol. The van der Waals surface area contributed by atoms with E-state index in [1.165, 1.54) is 12.1 Å². The predicted octanol–water partition coefficient (Wildman–Crippen LogP) is 3.04. The maximum Gasteiger partial charge on any atom is 0.251 e. The largest absolute Gasteiger partial charge is 0.381 e. The number of benzene rings is 1. The fourth-order valence-corrected chi connectivity index (χ4v) is 4.45. The van der Waals surface area contributed by atoms with Gasteiger partial charge in [0.25, 0.3) is 5.91 Å². The molecule has 1 aromatic rings. The van der Waals surface area contributed by atoms with Crippen LogP contribution in [0.2, 0.25) is 0 Å². The van der Waals surface area contributed by atoms with Crippen molar-refractivity contribution in [1.29, 1.82) is 0 Å². The number of unbranched alkanes of at least 4 members (excludes halogenated alkanes) is 1. The van der Waals surface area contributed by atoms with Gasteiger partial charge in [0.1, 0.15) is 0 Å². The molecule has 1 saturated heterocycles. The molecule has 27 heavy (non-hydrogen) atoms. The highest BCUT2D eigenvalue weighted by atomic mass is 32.2. The normalized spacial score (nSPS) is 16.4. The van der Waals surface area contributed by atoms with E-state index in [2.05, 4.69) is 19.2 Å². The molecule has 0 unspecified atom stereocenters. The van der Waals surface area contributed by atoms with E-state index in [9.17, 15) is 13.2 Å². The molecule has 0 aliphatic carbocycles. The van der Waals surface area contributed by atoms with Crippen molar-refractivity contribution in [3.63, 3.8) is 0 Å². The summed E-state index contributed by atoms with van der Waals surface area (Å²) in [5.41, 5.74) is 0.466. The molecular weight excluding hydrogens is 364 g/mol. The van der Waals surface area contributed by atoms with Crippen molar-refractivity contribution in [1.82, 2.24) is 9.62 Å². The van der Waals surface area contributed by atoms with E-state index in [1.54, 1.807) is 16.4 Å². The van der Waals surface area contributed by atoms with Gasteiger partial charge in [0.05, 0.1) is 4.90 Å². The molecule has 6 nitrogen and oxygen atoms in total. The number of carbonyl (C=O) groups is 1. The third-order valence-corrected chi connectivity index (χ3v) is 6.80. The lowest BCUT2D eigenvalue weighted by Gasteiger charge is -2.29. The van der Waals surface area contributed by atoms with E-state index in [1.807, 2.05) is 0 Å². The highest BCUT2D eigenvalue weighted by Gasteiger charge is 2.28. The summed E-state index contributed by atoms with van der Waals surface area (Å²) in [6.07, 6.45) is 4.70. The second-order valence-corrected chi connectivity index (χ2v) is 9.12. The van der Waals surface area contributed by atoms with Gasteiger partial charge in [-0.25, -0.2) is 8.42 Å². The van der Waals surface area contributed by atoms with Gasteiger partial charge >= 0.3 is 0 Å². The lowest BCUT2D eigenvalue weighted by Crippen LogP contribution is -2.37. The molecule has 1 aliphatic rings. The smallest absolute Gasteiger partial charge is 0.251 e. The van der Waals surface area contributed by atoms with Gasteiger partial charge in [0.15, 0.2) is 0 Å². The molecule has 1 aliphatic heterocycles.